The summed E-state index contributed by atoms with van der Waals surface area (Å²) in [7, 11) is 1.58. The third kappa shape index (κ3) is 7.86. The molecule has 0 aromatic heterocycles. The lowest BCUT2D eigenvalue weighted by atomic mass is 10.2. The molecule has 0 spiro atoms. The molecule has 0 aromatic carbocycles. The van der Waals surface area contributed by atoms with Crippen LogP contribution in [0.5, 0.6) is 0 Å². The topological polar surface area (TPSA) is 18.5 Å². The van der Waals surface area contributed by atoms with Gasteiger partial charge in [-0.2, -0.15) is 0 Å². The summed E-state index contributed by atoms with van der Waals surface area (Å²) < 4.78 is 10.4. The molecule has 0 heterocycles. The zero-order valence-corrected chi connectivity index (χ0v) is 10.9. The third-order valence-electron chi connectivity index (χ3n) is 1.64. The van der Waals surface area contributed by atoms with Crippen molar-refractivity contribution in [2.24, 2.45) is 0 Å². The molecule has 0 rings (SSSR count). The molecule has 0 saturated carbocycles. The lowest BCUT2D eigenvalue weighted by Crippen LogP contribution is -1.97. The Balaban J connectivity index is 0. The van der Waals surface area contributed by atoms with Crippen LogP contribution in [0.2, 0.25) is 0 Å². The van der Waals surface area contributed by atoms with Gasteiger partial charge in [-0.05, 0) is 26.8 Å². The summed E-state index contributed by atoms with van der Waals surface area (Å²) in [5, 5.41) is 0. The Bertz CT molecular complexity index is 225. The summed E-state index contributed by atoms with van der Waals surface area (Å²) >= 11 is 0. The van der Waals surface area contributed by atoms with Crippen molar-refractivity contribution in [2.75, 3.05) is 13.7 Å². The van der Waals surface area contributed by atoms with Gasteiger partial charge in [-0.1, -0.05) is 32.1 Å². The minimum atomic E-state index is 0.558. The highest BCUT2D eigenvalue weighted by atomic mass is 16.5. The van der Waals surface area contributed by atoms with Gasteiger partial charge in [0.1, 0.15) is 0 Å². The summed E-state index contributed by atoms with van der Waals surface area (Å²) in [5.74, 6) is 1.25. The molecule has 2 heteroatoms. The first-order chi connectivity index (χ1) is 7.15. The van der Waals surface area contributed by atoms with Crippen molar-refractivity contribution in [1.82, 2.24) is 0 Å². The second-order valence-corrected chi connectivity index (χ2v) is 2.60. The van der Waals surface area contributed by atoms with E-state index in [1.54, 1.807) is 7.11 Å². The van der Waals surface area contributed by atoms with E-state index in [1.807, 2.05) is 46.8 Å². The number of allylic oxidation sites excluding steroid dienone is 3. The minimum absolute atomic E-state index is 0.558. The van der Waals surface area contributed by atoms with Crippen molar-refractivity contribution in [3.8, 4) is 0 Å². The van der Waals surface area contributed by atoms with E-state index in [2.05, 4.69) is 6.58 Å². The van der Waals surface area contributed by atoms with Crippen molar-refractivity contribution in [2.45, 2.75) is 34.6 Å². The highest BCUT2D eigenvalue weighted by molar-refractivity contribution is 5.27. The van der Waals surface area contributed by atoms with Crippen LogP contribution in [0.4, 0.5) is 0 Å². The second kappa shape index (κ2) is 10.9. The fraction of sp³-hybridized carbons (Fsp3) is 0.538. The van der Waals surface area contributed by atoms with E-state index in [0.29, 0.717) is 18.1 Å². The summed E-state index contributed by atoms with van der Waals surface area (Å²) in [6.45, 7) is 14.3. The van der Waals surface area contributed by atoms with Crippen molar-refractivity contribution in [1.29, 1.82) is 0 Å². The molecule has 0 N–H and O–H groups in total. The van der Waals surface area contributed by atoms with E-state index in [-0.39, 0.29) is 0 Å². The molecule has 0 amide bonds. The second-order valence-electron chi connectivity index (χ2n) is 2.60. The molecule has 0 bridgehead atoms. The first-order valence-electron chi connectivity index (χ1n) is 5.36. The monoisotopic (exact) mass is 212 g/mol. The van der Waals surface area contributed by atoms with Crippen LogP contribution >= 0.6 is 0 Å². The van der Waals surface area contributed by atoms with Crippen LogP contribution in [0.25, 0.3) is 0 Å². The van der Waals surface area contributed by atoms with Crippen molar-refractivity contribution < 1.29 is 9.47 Å². The Hall–Kier alpha value is -1.18. The first-order valence-corrected chi connectivity index (χ1v) is 5.36. The first kappa shape index (κ1) is 16.3. The van der Waals surface area contributed by atoms with E-state index in [4.69, 9.17) is 9.47 Å². The van der Waals surface area contributed by atoms with Gasteiger partial charge < -0.3 is 9.47 Å². The largest absolute Gasteiger partial charge is 0.493 e. The van der Waals surface area contributed by atoms with Crippen LogP contribution in [-0.2, 0) is 9.47 Å². The van der Waals surface area contributed by atoms with E-state index < -0.39 is 0 Å². The molecule has 2 nitrogen and oxygen atoms in total. The Labute approximate surface area is 94.3 Å². The van der Waals surface area contributed by atoms with Gasteiger partial charge in [0.05, 0.1) is 13.7 Å². The fourth-order valence-corrected chi connectivity index (χ4v) is 0.749. The highest BCUT2D eigenvalue weighted by Gasteiger charge is 2.02. The molecule has 0 aliphatic carbocycles. The zero-order valence-electron chi connectivity index (χ0n) is 10.9. The summed E-state index contributed by atoms with van der Waals surface area (Å²) in [6, 6.07) is 0. The predicted octanol–water partition coefficient (Wildman–Crippen LogP) is 4.06. The molecule has 0 aliphatic rings. The van der Waals surface area contributed by atoms with Gasteiger partial charge in [0, 0.05) is 0 Å². The van der Waals surface area contributed by atoms with E-state index in [9.17, 15) is 0 Å². The standard InChI is InChI=1S/C11H18O2.C2H6/c1-6-9(3)8-11(13-7-2)10(4)12-5;1-2/h6,8H,4,7H2,1-3,5H3;1-2H3/b9-6-,11-8+;. The number of hydrogen-bond acceptors (Lipinski definition) is 2. The van der Waals surface area contributed by atoms with E-state index >= 15 is 0 Å². The molecule has 0 aromatic rings. The van der Waals surface area contributed by atoms with E-state index in [0.717, 1.165) is 5.57 Å². The summed E-state index contributed by atoms with van der Waals surface area (Å²) in [4.78, 5) is 0. The molecule has 0 unspecified atom stereocenters. The predicted molar refractivity (Wildman–Crippen MR) is 66.6 cm³/mol. The normalized spacial score (nSPS) is 11.3. The van der Waals surface area contributed by atoms with Crippen LogP contribution in [0, 0.1) is 0 Å². The average Bonchev–Trinajstić information content (AvgIpc) is 2.29. The summed E-state index contributed by atoms with van der Waals surface area (Å²) in [6.07, 6.45) is 3.91. The number of ether oxygens (including phenoxy) is 2. The molecular formula is C13H24O2. The van der Waals surface area contributed by atoms with Crippen LogP contribution in [0.1, 0.15) is 34.6 Å². The fourth-order valence-electron chi connectivity index (χ4n) is 0.749. The number of methoxy groups -OCH3 is 1. The van der Waals surface area contributed by atoms with Crippen LogP contribution in [-0.4, -0.2) is 13.7 Å². The van der Waals surface area contributed by atoms with E-state index in [1.165, 1.54) is 0 Å². The van der Waals surface area contributed by atoms with Gasteiger partial charge in [0.2, 0.25) is 0 Å². The van der Waals surface area contributed by atoms with Crippen LogP contribution in [0.15, 0.2) is 35.8 Å². The molecule has 0 saturated heterocycles. The van der Waals surface area contributed by atoms with Gasteiger partial charge in [0.15, 0.2) is 11.5 Å². The quantitative estimate of drug-likeness (QED) is 0.505. The minimum Gasteiger partial charge on any atom is -0.493 e. The molecule has 15 heavy (non-hydrogen) atoms. The van der Waals surface area contributed by atoms with Gasteiger partial charge >= 0.3 is 0 Å². The molecule has 0 aliphatic heterocycles. The molecule has 0 fully saturated rings. The molecule has 0 atom stereocenters. The SMILES string of the molecule is C=C(OC)/C(=C\C(C)=C/C)OCC.CC. The van der Waals surface area contributed by atoms with Crippen molar-refractivity contribution in [3.63, 3.8) is 0 Å². The number of rotatable bonds is 5. The van der Waals surface area contributed by atoms with Crippen molar-refractivity contribution >= 4 is 0 Å². The Kier molecular flexibility index (Phi) is 11.8. The maximum Gasteiger partial charge on any atom is 0.160 e. The maximum atomic E-state index is 5.36. The molecular weight excluding hydrogens is 188 g/mol. The lowest BCUT2D eigenvalue weighted by Gasteiger charge is -2.10. The highest BCUT2D eigenvalue weighted by Crippen LogP contribution is 2.12. The van der Waals surface area contributed by atoms with Gasteiger partial charge in [0.25, 0.3) is 0 Å². The van der Waals surface area contributed by atoms with Crippen molar-refractivity contribution in [3.05, 3.63) is 35.8 Å². The third-order valence-corrected chi connectivity index (χ3v) is 1.64. The van der Waals surface area contributed by atoms with Gasteiger partial charge in [-0.3, -0.25) is 0 Å². The maximum absolute atomic E-state index is 5.36. The molecule has 0 radical (unpaired) electrons. The van der Waals surface area contributed by atoms with Gasteiger partial charge in [-0.15, -0.1) is 0 Å². The summed E-state index contributed by atoms with van der Waals surface area (Å²) in [5.41, 5.74) is 1.13. The number of hydrogen-bond donors (Lipinski definition) is 0. The lowest BCUT2D eigenvalue weighted by molar-refractivity contribution is 0.188. The Morgan fingerprint density at radius 1 is 1.33 bits per heavy atom. The smallest absolute Gasteiger partial charge is 0.160 e. The zero-order chi connectivity index (χ0) is 12.3. The Morgan fingerprint density at radius 2 is 1.87 bits per heavy atom. The molecule has 88 valence electrons. The van der Waals surface area contributed by atoms with Crippen LogP contribution < -0.4 is 0 Å². The Morgan fingerprint density at radius 3 is 2.20 bits per heavy atom. The van der Waals surface area contributed by atoms with Gasteiger partial charge in [-0.25, -0.2) is 0 Å². The average molecular weight is 212 g/mol. The van der Waals surface area contributed by atoms with Crippen LogP contribution in [0.3, 0.4) is 0 Å².